The Bertz CT molecular complexity index is 1220. The Morgan fingerprint density at radius 3 is 2.03 bits per heavy atom. The van der Waals surface area contributed by atoms with Crippen molar-refractivity contribution in [1.29, 1.82) is 0 Å². The molecule has 0 radical (unpaired) electrons. The maximum atomic E-state index is 12.2. The highest BCUT2D eigenvalue weighted by molar-refractivity contribution is 5.99. The molecule has 0 aliphatic heterocycles. The zero-order chi connectivity index (χ0) is 23.2. The molecule has 0 spiro atoms. The lowest BCUT2D eigenvalue weighted by Gasteiger charge is -2.10. The van der Waals surface area contributed by atoms with Gasteiger partial charge in [-0.25, -0.2) is 9.48 Å². The second kappa shape index (κ2) is 9.82. The summed E-state index contributed by atoms with van der Waals surface area (Å²) in [6.45, 7) is 6.40. The van der Waals surface area contributed by atoms with E-state index in [-0.39, 0.29) is 6.03 Å². The molecule has 2 amide bonds. The summed E-state index contributed by atoms with van der Waals surface area (Å²) in [5.74, 6) is 2.30. The fourth-order valence-corrected chi connectivity index (χ4v) is 3.16. The van der Waals surface area contributed by atoms with E-state index in [1.54, 1.807) is 65.3 Å². The third-order valence-electron chi connectivity index (χ3n) is 4.61. The van der Waals surface area contributed by atoms with E-state index in [0.29, 0.717) is 35.4 Å². The molecule has 0 atom stereocenters. The predicted octanol–water partition coefficient (Wildman–Crippen LogP) is 5.11. The molecule has 0 saturated carbocycles. The molecule has 0 fully saturated rings. The number of aryl methyl sites for hydroxylation is 2. The monoisotopic (exact) mass is 444 g/mol. The number of anilines is 2. The summed E-state index contributed by atoms with van der Waals surface area (Å²) in [5, 5.41) is 18.2. The van der Waals surface area contributed by atoms with Crippen LogP contribution in [0.4, 0.5) is 16.2 Å². The number of carbonyl (C=O) groups is 1. The van der Waals surface area contributed by atoms with Gasteiger partial charge in [0, 0.05) is 23.1 Å². The molecule has 9 nitrogen and oxygen atoms in total. The third-order valence-corrected chi connectivity index (χ3v) is 4.61. The highest BCUT2D eigenvalue weighted by atomic mass is 16.5. The number of ether oxygens (including phenoxy) is 2. The van der Waals surface area contributed by atoms with E-state index in [0.717, 1.165) is 17.1 Å². The largest absolute Gasteiger partial charge is 0.494 e. The summed E-state index contributed by atoms with van der Waals surface area (Å²) in [6.07, 6.45) is 0. The second-order valence-corrected chi connectivity index (χ2v) is 7.23. The lowest BCUT2D eigenvalue weighted by Crippen LogP contribution is -2.19. The van der Waals surface area contributed by atoms with Gasteiger partial charge in [0.1, 0.15) is 11.5 Å². The summed E-state index contributed by atoms with van der Waals surface area (Å²) in [4.78, 5) is 12.2. The normalized spacial score (nSPS) is 10.5. The van der Waals surface area contributed by atoms with Crippen LogP contribution in [0.3, 0.4) is 0 Å². The maximum absolute atomic E-state index is 12.2. The average Bonchev–Trinajstić information content (AvgIpc) is 3.15. The molecule has 0 bridgehead atoms. The van der Waals surface area contributed by atoms with Gasteiger partial charge in [-0.1, -0.05) is 0 Å². The first-order valence-corrected chi connectivity index (χ1v) is 10.5. The van der Waals surface area contributed by atoms with E-state index in [1.165, 1.54) is 0 Å². The van der Waals surface area contributed by atoms with Gasteiger partial charge in [-0.2, -0.15) is 5.10 Å². The number of nitrogens with one attached hydrogen (secondary N) is 2. The van der Waals surface area contributed by atoms with E-state index in [9.17, 15) is 4.79 Å². The van der Waals surface area contributed by atoms with Gasteiger partial charge in [-0.05, 0) is 81.4 Å². The van der Waals surface area contributed by atoms with Crippen molar-refractivity contribution in [3.05, 3.63) is 78.1 Å². The standard InChI is InChI=1S/C24H24N6O3/c1-4-32-20-9-5-18(6-10-20)25-24(31)26-19-7-11-21(12-8-19)33-23-14-13-22(27-28-23)30-17(3)15-16(2)29-30/h5-15H,4H2,1-3H3,(H2,25,26,31). The van der Waals surface area contributed by atoms with Crippen LogP contribution >= 0.6 is 0 Å². The number of aromatic nitrogens is 4. The third kappa shape index (κ3) is 5.65. The number of nitrogens with zero attached hydrogens (tertiary/aromatic N) is 4. The molecule has 2 heterocycles. The summed E-state index contributed by atoms with van der Waals surface area (Å²) >= 11 is 0. The zero-order valence-electron chi connectivity index (χ0n) is 18.6. The number of hydrogen-bond acceptors (Lipinski definition) is 6. The van der Waals surface area contributed by atoms with Gasteiger partial charge in [-0.3, -0.25) is 0 Å². The van der Waals surface area contributed by atoms with E-state index >= 15 is 0 Å². The Kier molecular flexibility index (Phi) is 6.49. The molecule has 0 aliphatic carbocycles. The molecule has 0 unspecified atom stereocenters. The Balaban J connectivity index is 1.32. The molecule has 0 aliphatic rings. The van der Waals surface area contributed by atoms with Crippen LogP contribution in [0.5, 0.6) is 17.4 Å². The number of benzene rings is 2. The van der Waals surface area contributed by atoms with E-state index in [4.69, 9.17) is 9.47 Å². The molecule has 2 N–H and O–H groups in total. The van der Waals surface area contributed by atoms with Crippen LogP contribution in [-0.2, 0) is 0 Å². The first-order valence-electron chi connectivity index (χ1n) is 10.5. The molecule has 0 saturated heterocycles. The minimum atomic E-state index is -0.349. The number of carbonyl (C=O) groups excluding carboxylic acids is 1. The van der Waals surface area contributed by atoms with Crippen LogP contribution in [0, 0.1) is 13.8 Å². The Hall–Kier alpha value is -4.40. The fraction of sp³-hybridized carbons (Fsp3) is 0.167. The molecule has 168 valence electrons. The predicted molar refractivity (Wildman–Crippen MR) is 125 cm³/mol. The van der Waals surface area contributed by atoms with Crippen LogP contribution in [0.1, 0.15) is 18.3 Å². The van der Waals surface area contributed by atoms with Gasteiger partial charge >= 0.3 is 6.03 Å². The van der Waals surface area contributed by atoms with Crippen molar-refractivity contribution >= 4 is 17.4 Å². The molecular weight excluding hydrogens is 420 g/mol. The number of rotatable bonds is 7. The highest BCUT2D eigenvalue weighted by Crippen LogP contribution is 2.22. The van der Waals surface area contributed by atoms with Crippen molar-refractivity contribution < 1.29 is 14.3 Å². The number of hydrogen-bond donors (Lipinski definition) is 2. The van der Waals surface area contributed by atoms with Crippen LogP contribution in [0.15, 0.2) is 66.7 Å². The van der Waals surface area contributed by atoms with Gasteiger partial charge in [0.15, 0.2) is 5.82 Å². The van der Waals surface area contributed by atoms with Crippen molar-refractivity contribution in [2.75, 3.05) is 17.2 Å². The number of urea groups is 1. The SMILES string of the molecule is CCOc1ccc(NC(=O)Nc2ccc(Oc3ccc(-n4nc(C)cc4C)nn3)cc2)cc1. The Labute approximate surface area is 191 Å². The molecular formula is C24H24N6O3. The molecule has 4 rings (SSSR count). The minimum absolute atomic E-state index is 0.349. The molecule has 2 aromatic heterocycles. The summed E-state index contributed by atoms with van der Waals surface area (Å²) < 4.78 is 12.9. The fourth-order valence-electron chi connectivity index (χ4n) is 3.16. The van der Waals surface area contributed by atoms with Crippen molar-refractivity contribution in [2.24, 2.45) is 0 Å². The van der Waals surface area contributed by atoms with E-state index in [2.05, 4.69) is 25.9 Å². The van der Waals surface area contributed by atoms with Crippen LogP contribution in [-0.4, -0.2) is 32.6 Å². The van der Waals surface area contributed by atoms with Crippen LogP contribution < -0.4 is 20.1 Å². The lowest BCUT2D eigenvalue weighted by atomic mass is 10.3. The topological polar surface area (TPSA) is 103 Å². The Morgan fingerprint density at radius 1 is 0.879 bits per heavy atom. The lowest BCUT2D eigenvalue weighted by molar-refractivity contribution is 0.262. The Morgan fingerprint density at radius 2 is 1.52 bits per heavy atom. The first kappa shape index (κ1) is 21.8. The van der Waals surface area contributed by atoms with Gasteiger partial charge in [0.25, 0.3) is 0 Å². The van der Waals surface area contributed by atoms with Crippen molar-refractivity contribution in [3.63, 3.8) is 0 Å². The van der Waals surface area contributed by atoms with Crippen molar-refractivity contribution in [2.45, 2.75) is 20.8 Å². The average molecular weight is 444 g/mol. The van der Waals surface area contributed by atoms with Crippen LogP contribution in [0.25, 0.3) is 5.82 Å². The van der Waals surface area contributed by atoms with Crippen molar-refractivity contribution in [3.8, 4) is 23.2 Å². The van der Waals surface area contributed by atoms with E-state index in [1.807, 2.05) is 26.8 Å². The first-order chi connectivity index (χ1) is 16.0. The minimum Gasteiger partial charge on any atom is -0.494 e. The van der Waals surface area contributed by atoms with Gasteiger partial charge in [0.05, 0.1) is 12.3 Å². The van der Waals surface area contributed by atoms with Gasteiger partial charge in [-0.15, -0.1) is 10.2 Å². The van der Waals surface area contributed by atoms with Crippen molar-refractivity contribution in [1.82, 2.24) is 20.0 Å². The zero-order valence-corrected chi connectivity index (χ0v) is 18.6. The molecule has 2 aromatic carbocycles. The second-order valence-electron chi connectivity index (χ2n) is 7.23. The van der Waals surface area contributed by atoms with Gasteiger partial charge < -0.3 is 20.1 Å². The number of amides is 2. The summed E-state index contributed by atoms with van der Waals surface area (Å²) in [5.41, 5.74) is 3.18. The highest BCUT2D eigenvalue weighted by Gasteiger charge is 2.08. The smallest absolute Gasteiger partial charge is 0.323 e. The molecule has 9 heteroatoms. The quantitative estimate of drug-likeness (QED) is 0.410. The van der Waals surface area contributed by atoms with Crippen LogP contribution in [0.2, 0.25) is 0 Å². The summed E-state index contributed by atoms with van der Waals surface area (Å²) in [6, 6.07) is 19.3. The van der Waals surface area contributed by atoms with Gasteiger partial charge in [0.2, 0.25) is 5.88 Å². The van der Waals surface area contributed by atoms with E-state index < -0.39 is 0 Å². The summed E-state index contributed by atoms with van der Waals surface area (Å²) in [7, 11) is 0. The maximum Gasteiger partial charge on any atom is 0.323 e. The molecule has 4 aromatic rings. The molecule has 33 heavy (non-hydrogen) atoms.